The number of carbonyl (C=O) groups is 1. The molecule has 4 aromatic rings. The van der Waals surface area contributed by atoms with E-state index in [1.807, 2.05) is 103 Å². The molecular weight excluding hydrogens is 492 g/mol. The highest BCUT2D eigenvalue weighted by molar-refractivity contribution is 9.10. The summed E-state index contributed by atoms with van der Waals surface area (Å²) in [6, 6.07) is 31.2. The summed E-state index contributed by atoms with van der Waals surface area (Å²) >= 11 is 3.52. The fraction of sp³-hybridized carbons (Fsp3) is 0.0690. The average molecular weight is 515 g/mol. The Morgan fingerprint density at radius 1 is 0.735 bits per heavy atom. The number of hydrogen-bond acceptors (Lipinski definition) is 4. The summed E-state index contributed by atoms with van der Waals surface area (Å²) in [5.41, 5.74) is 4.17. The van der Waals surface area contributed by atoms with Gasteiger partial charge in [0.05, 0.1) is 11.6 Å². The van der Waals surface area contributed by atoms with Crippen LogP contribution in [0.5, 0.6) is 17.2 Å². The highest BCUT2D eigenvalue weighted by atomic mass is 79.9. The van der Waals surface area contributed by atoms with E-state index in [4.69, 9.17) is 14.2 Å². The Morgan fingerprint density at radius 2 is 1.41 bits per heavy atom. The van der Waals surface area contributed by atoms with Crippen molar-refractivity contribution >= 4 is 34.1 Å². The second-order valence-electron chi connectivity index (χ2n) is 7.43. The van der Waals surface area contributed by atoms with Crippen LogP contribution in [0.1, 0.15) is 11.1 Å². The van der Waals surface area contributed by atoms with Crippen molar-refractivity contribution in [3.05, 3.63) is 113 Å². The maximum Gasteiger partial charge on any atom is 0.349 e. The first-order valence-corrected chi connectivity index (χ1v) is 11.5. The van der Waals surface area contributed by atoms with E-state index in [-0.39, 0.29) is 6.61 Å². The van der Waals surface area contributed by atoms with Crippen LogP contribution in [-0.2, 0) is 4.79 Å². The molecule has 0 atom stereocenters. The standard InChI is InChI=1S/C29H23BrO4/c1-32-28-18-22(13-12-21-8-4-2-5-9-21)14-16-27(28)34-29(31)20-33-26-17-15-24(19-25(26)30)23-10-6-3-7-11-23/h2-19H,20H2,1H3. The van der Waals surface area contributed by atoms with Crippen molar-refractivity contribution in [3.63, 3.8) is 0 Å². The molecule has 0 aliphatic carbocycles. The number of carbonyl (C=O) groups excluding carboxylic acids is 1. The lowest BCUT2D eigenvalue weighted by atomic mass is 10.1. The molecule has 34 heavy (non-hydrogen) atoms. The largest absolute Gasteiger partial charge is 0.493 e. The van der Waals surface area contributed by atoms with Crippen molar-refractivity contribution in [2.24, 2.45) is 0 Å². The summed E-state index contributed by atoms with van der Waals surface area (Å²) in [4.78, 5) is 12.4. The number of hydrogen-bond donors (Lipinski definition) is 0. The quantitative estimate of drug-likeness (QED) is 0.141. The van der Waals surface area contributed by atoms with Crippen LogP contribution >= 0.6 is 15.9 Å². The monoisotopic (exact) mass is 514 g/mol. The molecule has 0 saturated carbocycles. The molecule has 0 N–H and O–H groups in total. The lowest BCUT2D eigenvalue weighted by Gasteiger charge is -2.12. The van der Waals surface area contributed by atoms with E-state index in [1.54, 1.807) is 13.2 Å². The van der Waals surface area contributed by atoms with Gasteiger partial charge in [0.2, 0.25) is 0 Å². The molecule has 0 unspecified atom stereocenters. The third-order valence-corrected chi connectivity index (χ3v) is 5.68. The molecule has 0 aromatic heterocycles. The summed E-state index contributed by atoms with van der Waals surface area (Å²) in [7, 11) is 1.54. The third-order valence-electron chi connectivity index (χ3n) is 5.06. The predicted molar refractivity (Wildman–Crippen MR) is 139 cm³/mol. The van der Waals surface area contributed by atoms with Crippen LogP contribution in [0.3, 0.4) is 0 Å². The minimum Gasteiger partial charge on any atom is -0.493 e. The Hall–Kier alpha value is -3.83. The first-order valence-electron chi connectivity index (χ1n) is 10.7. The minimum atomic E-state index is -0.523. The number of halogens is 1. The number of ether oxygens (including phenoxy) is 3. The number of esters is 1. The van der Waals surface area contributed by atoms with Gasteiger partial charge in [-0.2, -0.15) is 0 Å². The first-order chi connectivity index (χ1) is 16.6. The molecule has 0 radical (unpaired) electrons. The lowest BCUT2D eigenvalue weighted by molar-refractivity contribution is -0.136. The molecule has 0 heterocycles. The topological polar surface area (TPSA) is 44.8 Å². The normalized spacial score (nSPS) is 10.8. The van der Waals surface area contributed by atoms with Crippen molar-refractivity contribution in [2.45, 2.75) is 0 Å². The van der Waals surface area contributed by atoms with E-state index in [1.165, 1.54) is 0 Å². The number of rotatable bonds is 8. The fourth-order valence-electron chi connectivity index (χ4n) is 3.35. The zero-order chi connectivity index (χ0) is 23.8. The summed E-state index contributed by atoms with van der Waals surface area (Å²) in [6.07, 6.45) is 3.98. The number of methoxy groups -OCH3 is 1. The van der Waals surface area contributed by atoms with Crippen LogP contribution in [-0.4, -0.2) is 19.7 Å². The molecular formula is C29H23BrO4. The minimum absolute atomic E-state index is 0.234. The van der Waals surface area contributed by atoms with Gasteiger partial charge in [-0.3, -0.25) is 0 Å². The van der Waals surface area contributed by atoms with Crippen LogP contribution in [0.25, 0.3) is 23.3 Å². The van der Waals surface area contributed by atoms with Crippen LogP contribution in [0, 0.1) is 0 Å². The van der Waals surface area contributed by atoms with Crippen molar-refractivity contribution in [1.82, 2.24) is 0 Å². The average Bonchev–Trinajstić information content (AvgIpc) is 2.88. The van der Waals surface area contributed by atoms with Gasteiger partial charge in [0.1, 0.15) is 5.75 Å². The van der Waals surface area contributed by atoms with E-state index in [2.05, 4.69) is 15.9 Å². The fourth-order valence-corrected chi connectivity index (χ4v) is 3.84. The van der Waals surface area contributed by atoms with E-state index >= 15 is 0 Å². The van der Waals surface area contributed by atoms with Gasteiger partial charge in [-0.15, -0.1) is 0 Å². The van der Waals surface area contributed by atoms with E-state index < -0.39 is 5.97 Å². The molecule has 0 fully saturated rings. The SMILES string of the molecule is COc1cc(C=Cc2ccccc2)ccc1OC(=O)COc1ccc(-c2ccccc2)cc1Br. The van der Waals surface area contributed by atoms with E-state index in [9.17, 15) is 4.79 Å². The molecule has 0 aliphatic heterocycles. The Kier molecular flexibility index (Phi) is 7.79. The summed E-state index contributed by atoms with van der Waals surface area (Å²) in [5.74, 6) is 0.846. The first kappa shape index (κ1) is 23.3. The summed E-state index contributed by atoms with van der Waals surface area (Å²) in [5, 5.41) is 0. The Labute approximate surface area is 207 Å². The molecule has 4 aromatic carbocycles. The Bertz CT molecular complexity index is 1280. The summed E-state index contributed by atoms with van der Waals surface area (Å²) < 4.78 is 17.3. The highest BCUT2D eigenvalue weighted by Crippen LogP contribution is 2.31. The molecule has 170 valence electrons. The predicted octanol–water partition coefficient (Wildman–Crippen LogP) is 7.28. The van der Waals surface area contributed by atoms with Crippen LogP contribution in [0.2, 0.25) is 0 Å². The molecule has 5 heteroatoms. The highest BCUT2D eigenvalue weighted by Gasteiger charge is 2.13. The lowest BCUT2D eigenvalue weighted by Crippen LogP contribution is -2.18. The number of benzene rings is 4. The molecule has 0 amide bonds. The second kappa shape index (κ2) is 11.3. The van der Waals surface area contributed by atoms with E-state index in [0.29, 0.717) is 17.2 Å². The maximum atomic E-state index is 12.4. The molecule has 0 saturated heterocycles. The van der Waals surface area contributed by atoms with Crippen molar-refractivity contribution < 1.29 is 19.0 Å². The third kappa shape index (κ3) is 6.15. The van der Waals surface area contributed by atoms with Gasteiger partial charge in [-0.25, -0.2) is 4.79 Å². The van der Waals surface area contributed by atoms with Gasteiger partial charge in [0.15, 0.2) is 18.1 Å². The Morgan fingerprint density at radius 3 is 2.12 bits per heavy atom. The van der Waals surface area contributed by atoms with Crippen molar-refractivity contribution in [1.29, 1.82) is 0 Å². The molecule has 0 spiro atoms. The molecule has 0 aliphatic rings. The van der Waals surface area contributed by atoms with Gasteiger partial charge in [0.25, 0.3) is 0 Å². The molecule has 4 rings (SSSR count). The molecule has 0 bridgehead atoms. The smallest absolute Gasteiger partial charge is 0.349 e. The zero-order valence-electron chi connectivity index (χ0n) is 18.6. The van der Waals surface area contributed by atoms with Crippen molar-refractivity contribution in [3.8, 4) is 28.4 Å². The van der Waals surface area contributed by atoms with Gasteiger partial charge >= 0.3 is 5.97 Å². The molecule has 4 nitrogen and oxygen atoms in total. The Balaban J connectivity index is 1.37. The van der Waals surface area contributed by atoms with E-state index in [0.717, 1.165) is 26.7 Å². The van der Waals surface area contributed by atoms with Gasteiger partial charge < -0.3 is 14.2 Å². The zero-order valence-corrected chi connectivity index (χ0v) is 20.2. The summed E-state index contributed by atoms with van der Waals surface area (Å²) in [6.45, 7) is -0.234. The van der Waals surface area contributed by atoms with Gasteiger partial charge in [0, 0.05) is 0 Å². The van der Waals surface area contributed by atoms with Crippen LogP contribution in [0.4, 0.5) is 0 Å². The second-order valence-corrected chi connectivity index (χ2v) is 8.28. The maximum absolute atomic E-state index is 12.4. The van der Waals surface area contributed by atoms with Gasteiger partial charge in [-0.05, 0) is 62.4 Å². The van der Waals surface area contributed by atoms with Crippen LogP contribution < -0.4 is 14.2 Å². The van der Waals surface area contributed by atoms with Gasteiger partial charge in [-0.1, -0.05) is 84.9 Å². The van der Waals surface area contributed by atoms with Crippen molar-refractivity contribution in [2.75, 3.05) is 13.7 Å². The van der Waals surface area contributed by atoms with Crippen LogP contribution in [0.15, 0.2) is 102 Å².